The summed E-state index contributed by atoms with van der Waals surface area (Å²) in [6.07, 6.45) is 6.62. The highest BCUT2D eigenvalue weighted by Crippen LogP contribution is 2.21. The maximum atomic E-state index is 11.9. The number of nitrogens with zero attached hydrogens (tertiary/aromatic N) is 2. The summed E-state index contributed by atoms with van der Waals surface area (Å²) < 4.78 is 4.91. The van der Waals surface area contributed by atoms with Gasteiger partial charge in [-0.1, -0.05) is 19.3 Å². The molecule has 0 aliphatic heterocycles. The quantitative estimate of drug-likeness (QED) is 0.765. The second kappa shape index (κ2) is 10.4. The maximum absolute atomic E-state index is 11.9. The number of hydrogen-bond acceptors (Lipinski definition) is 4. The Balaban J connectivity index is 0.00000361. The number of halogens is 1. The molecule has 1 saturated carbocycles. The summed E-state index contributed by atoms with van der Waals surface area (Å²) in [4.78, 5) is 16.0. The van der Waals surface area contributed by atoms with E-state index >= 15 is 0 Å². The minimum absolute atomic E-state index is 0. The van der Waals surface area contributed by atoms with Crippen LogP contribution in [0.15, 0.2) is 0 Å². The highest BCUT2D eigenvalue weighted by molar-refractivity contribution is 5.85. The van der Waals surface area contributed by atoms with E-state index in [4.69, 9.17) is 10.5 Å². The summed E-state index contributed by atoms with van der Waals surface area (Å²) in [5.74, 6) is -0.0427. The fourth-order valence-electron chi connectivity index (χ4n) is 2.66. The molecule has 0 saturated heterocycles. The minimum atomic E-state index is -0.546. The molecule has 1 aliphatic rings. The molecular formula is C14H30ClN3O2. The molecule has 20 heavy (non-hydrogen) atoms. The average molecular weight is 308 g/mol. The van der Waals surface area contributed by atoms with E-state index in [1.807, 2.05) is 7.05 Å². The molecule has 0 aromatic heterocycles. The Morgan fingerprint density at radius 2 is 1.85 bits per heavy atom. The van der Waals surface area contributed by atoms with Gasteiger partial charge in [-0.2, -0.15) is 0 Å². The SMILES string of the molecule is COCC(N)C(=O)N(C)CCN(C)C1CCCCC1.Cl. The Morgan fingerprint density at radius 1 is 1.25 bits per heavy atom. The highest BCUT2D eigenvalue weighted by Gasteiger charge is 2.21. The van der Waals surface area contributed by atoms with Crippen molar-refractivity contribution in [3.63, 3.8) is 0 Å². The monoisotopic (exact) mass is 307 g/mol. The fraction of sp³-hybridized carbons (Fsp3) is 0.929. The number of rotatable bonds is 7. The molecule has 1 fully saturated rings. The van der Waals surface area contributed by atoms with Crippen molar-refractivity contribution in [1.82, 2.24) is 9.80 Å². The van der Waals surface area contributed by atoms with E-state index in [2.05, 4.69) is 11.9 Å². The molecule has 120 valence electrons. The zero-order chi connectivity index (χ0) is 14.3. The first-order valence-electron chi connectivity index (χ1n) is 7.26. The molecule has 6 heteroatoms. The fourth-order valence-corrected chi connectivity index (χ4v) is 2.66. The van der Waals surface area contributed by atoms with E-state index in [1.165, 1.54) is 32.1 Å². The molecule has 0 aromatic rings. The predicted octanol–water partition coefficient (Wildman–Crippen LogP) is 1.10. The van der Waals surface area contributed by atoms with Gasteiger partial charge in [-0.15, -0.1) is 12.4 Å². The summed E-state index contributed by atoms with van der Waals surface area (Å²) >= 11 is 0. The van der Waals surface area contributed by atoms with E-state index < -0.39 is 6.04 Å². The summed E-state index contributed by atoms with van der Waals surface area (Å²) in [5.41, 5.74) is 5.75. The standard InChI is InChI=1S/C14H29N3O2.ClH/c1-16(12-7-5-4-6-8-12)9-10-17(2)14(18)13(15)11-19-3;/h12-13H,4-11,15H2,1-3H3;1H. The molecule has 0 spiro atoms. The number of methoxy groups -OCH3 is 1. The van der Waals surface area contributed by atoms with Crippen LogP contribution in [-0.2, 0) is 9.53 Å². The molecule has 0 radical (unpaired) electrons. The summed E-state index contributed by atoms with van der Waals surface area (Å²) in [7, 11) is 5.53. The van der Waals surface area contributed by atoms with Gasteiger partial charge in [-0.3, -0.25) is 4.79 Å². The molecule has 5 nitrogen and oxygen atoms in total. The summed E-state index contributed by atoms with van der Waals surface area (Å²) in [5, 5.41) is 0. The number of amides is 1. The van der Waals surface area contributed by atoms with Gasteiger partial charge in [-0.25, -0.2) is 0 Å². The number of nitrogens with two attached hydrogens (primary N) is 1. The van der Waals surface area contributed by atoms with Crippen LogP contribution in [-0.4, -0.2) is 68.7 Å². The highest BCUT2D eigenvalue weighted by atomic mass is 35.5. The zero-order valence-electron chi connectivity index (χ0n) is 13.0. The second-order valence-corrected chi connectivity index (χ2v) is 5.59. The van der Waals surface area contributed by atoms with Gasteiger partial charge in [0.1, 0.15) is 6.04 Å². The second-order valence-electron chi connectivity index (χ2n) is 5.59. The van der Waals surface area contributed by atoms with Gasteiger partial charge >= 0.3 is 0 Å². The number of likely N-dealkylation sites (N-methyl/N-ethyl adjacent to an activating group) is 2. The van der Waals surface area contributed by atoms with Gasteiger partial charge in [0.2, 0.25) is 5.91 Å². The van der Waals surface area contributed by atoms with Crippen molar-refractivity contribution in [2.75, 3.05) is 40.9 Å². The first-order chi connectivity index (χ1) is 9.06. The van der Waals surface area contributed by atoms with Gasteiger partial charge < -0.3 is 20.3 Å². The van der Waals surface area contributed by atoms with Gasteiger partial charge in [0.25, 0.3) is 0 Å². The predicted molar refractivity (Wildman–Crippen MR) is 84.2 cm³/mol. The first kappa shape index (κ1) is 19.6. The van der Waals surface area contributed by atoms with Gasteiger partial charge in [-0.05, 0) is 19.9 Å². The minimum Gasteiger partial charge on any atom is -0.383 e. The molecule has 1 atom stereocenters. The summed E-state index contributed by atoms with van der Waals surface area (Å²) in [6, 6.07) is 0.139. The Morgan fingerprint density at radius 3 is 2.40 bits per heavy atom. The third kappa shape index (κ3) is 6.39. The Bertz CT molecular complexity index is 273. The number of ether oxygens (including phenoxy) is 1. The van der Waals surface area contributed by atoms with Crippen LogP contribution >= 0.6 is 12.4 Å². The molecule has 1 amide bonds. The lowest BCUT2D eigenvalue weighted by atomic mass is 9.94. The van der Waals surface area contributed by atoms with Crippen LogP contribution in [0.3, 0.4) is 0 Å². The Kier molecular flexibility index (Phi) is 10.2. The Hall–Kier alpha value is -0.360. The molecule has 0 aromatic carbocycles. The summed E-state index contributed by atoms with van der Waals surface area (Å²) in [6.45, 7) is 1.91. The number of hydrogen-bond donors (Lipinski definition) is 1. The van der Waals surface area contributed by atoms with E-state index in [9.17, 15) is 4.79 Å². The molecule has 0 heterocycles. The van der Waals surface area contributed by atoms with E-state index in [-0.39, 0.29) is 24.9 Å². The average Bonchev–Trinajstić information content (AvgIpc) is 2.44. The third-order valence-corrected chi connectivity index (χ3v) is 4.03. The van der Waals surface area contributed by atoms with Crippen LogP contribution in [0.25, 0.3) is 0 Å². The number of carbonyl (C=O) groups excluding carboxylic acids is 1. The van der Waals surface area contributed by atoms with Crippen molar-refractivity contribution < 1.29 is 9.53 Å². The molecule has 1 aliphatic carbocycles. The van der Waals surface area contributed by atoms with Gasteiger partial charge in [0, 0.05) is 33.3 Å². The third-order valence-electron chi connectivity index (χ3n) is 4.03. The van der Waals surface area contributed by atoms with Crippen molar-refractivity contribution in [3.05, 3.63) is 0 Å². The van der Waals surface area contributed by atoms with Crippen LogP contribution in [0.4, 0.5) is 0 Å². The molecule has 1 rings (SSSR count). The Labute approximate surface area is 129 Å². The lowest BCUT2D eigenvalue weighted by Crippen LogP contribution is -2.47. The van der Waals surface area contributed by atoms with Crippen LogP contribution in [0, 0.1) is 0 Å². The van der Waals surface area contributed by atoms with Crippen molar-refractivity contribution in [2.24, 2.45) is 5.73 Å². The van der Waals surface area contributed by atoms with Crippen LogP contribution < -0.4 is 5.73 Å². The van der Waals surface area contributed by atoms with Crippen molar-refractivity contribution in [2.45, 2.75) is 44.2 Å². The molecular weight excluding hydrogens is 278 g/mol. The lowest BCUT2D eigenvalue weighted by Gasteiger charge is -2.32. The largest absolute Gasteiger partial charge is 0.383 e. The van der Waals surface area contributed by atoms with E-state index in [0.29, 0.717) is 6.04 Å². The van der Waals surface area contributed by atoms with Crippen molar-refractivity contribution in [3.8, 4) is 0 Å². The van der Waals surface area contributed by atoms with Crippen LogP contribution in [0.5, 0.6) is 0 Å². The van der Waals surface area contributed by atoms with Gasteiger partial charge in [0.05, 0.1) is 6.61 Å². The number of carbonyl (C=O) groups is 1. The topological polar surface area (TPSA) is 58.8 Å². The molecule has 2 N–H and O–H groups in total. The molecule has 0 bridgehead atoms. The van der Waals surface area contributed by atoms with Crippen molar-refractivity contribution in [1.29, 1.82) is 0 Å². The maximum Gasteiger partial charge on any atom is 0.241 e. The smallest absolute Gasteiger partial charge is 0.241 e. The first-order valence-corrected chi connectivity index (χ1v) is 7.26. The molecule has 1 unspecified atom stereocenters. The lowest BCUT2D eigenvalue weighted by molar-refractivity contribution is -0.132. The van der Waals surface area contributed by atoms with E-state index in [1.54, 1.807) is 12.0 Å². The van der Waals surface area contributed by atoms with Crippen LogP contribution in [0.2, 0.25) is 0 Å². The van der Waals surface area contributed by atoms with Crippen molar-refractivity contribution >= 4 is 18.3 Å². The zero-order valence-corrected chi connectivity index (χ0v) is 13.8. The normalized spacial score (nSPS) is 17.6. The van der Waals surface area contributed by atoms with E-state index in [0.717, 1.165) is 13.1 Å². The van der Waals surface area contributed by atoms with Crippen LogP contribution in [0.1, 0.15) is 32.1 Å². The van der Waals surface area contributed by atoms with Gasteiger partial charge in [0.15, 0.2) is 0 Å².